The Bertz CT molecular complexity index is 843. The van der Waals surface area contributed by atoms with Crippen LogP contribution in [0.15, 0.2) is 59.5 Å². The fourth-order valence-electron chi connectivity index (χ4n) is 2.63. The highest BCUT2D eigenvalue weighted by atomic mass is 32.2. The lowest BCUT2D eigenvalue weighted by molar-refractivity contribution is -0.122. The van der Waals surface area contributed by atoms with E-state index in [4.69, 9.17) is 0 Å². The van der Waals surface area contributed by atoms with Crippen LogP contribution < -0.4 is 9.62 Å². The number of thioether (sulfide) groups is 1. The van der Waals surface area contributed by atoms with Crippen molar-refractivity contribution in [3.8, 4) is 0 Å². The Morgan fingerprint density at radius 2 is 1.78 bits per heavy atom. The number of hydrogen-bond donors (Lipinski definition) is 1. The van der Waals surface area contributed by atoms with Gasteiger partial charge >= 0.3 is 0 Å². The van der Waals surface area contributed by atoms with Gasteiger partial charge in [0, 0.05) is 17.2 Å². The normalized spacial score (nSPS) is 12.4. The highest BCUT2D eigenvalue weighted by Crippen LogP contribution is 2.23. The molecule has 0 aliphatic rings. The molecule has 2 aromatic carbocycles. The van der Waals surface area contributed by atoms with E-state index in [0.29, 0.717) is 18.7 Å². The van der Waals surface area contributed by atoms with Crippen LogP contribution in [0.25, 0.3) is 0 Å². The van der Waals surface area contributed by atoms with Crippen LogP contribution in [0.5, 0.6) is 0 Å². The molecule has 8 heteroatoms. The lowest BCUT2D eigenvalue weighted by atomic mass is 10.2. The number of carbonyl (C=O) groups excluding carboxylic acids is 1. The van der Waals surface area contributed by atoms with Crippen LogP contribution in [-0.2, 0) is 14.8 Å². The molecule has 0 aromatic heterocycles. The number of nitrogens with zero attached hydrogens (tertiary/aromatic N) is 1. The molecule has 146 valence electrons. The molecular formula is C19H23FN2O3S2. The molecule has 2 aromatic rings. The maximum atomic E-state index is 13.2. The maximum Gasteiger partial charge on any atom is 0.243 e. The molecule has 1 unspecified atom stereocenters. The van der Waals surface area contributed by atoms with E-state index in [1.54, 1.807) is 18.7 Å². The van der Waals surface area contributed by atoms with Crippen molar-refractivity contribution in [2.45, 2.75) is 24.3 Å². The lowest BCUT2D eigenvalue weighted by Gasteiger charge is -2.30. The average molecular weight is 411 g/mol. The van der Waals surface area contributed by atoms with Crippen molar-refractivity contribution < 1.29 is 17.6 Å². The number of benzene rings is 2. The summed E-state index contributed by atoms with van der Waals surface area (Å²) in [6.07, 6.45) is 1.33. The zero-order valence-electron chi connectivity index (χ0n) is 15.3. The van der Waals surface area contributed by atoms with Gasteiger partial charge in [0.15, 0.2) is 0 Å². The van der Waals surface area contributed by atoms with Gasteiger partial charge in [-0.15, -0.1) is 11.8 Å². The van der Waals surface area contributed by atoms with Crippen molar-refractivity contribution in [3.05, 3.63) is 60.4 Å². The van der Waals surface area contributed by atoms with Gasteiger partial charge in [-0.05, 0) is 42.8 Å². The molecule has 2 rings (SSSR count). The quantitative estimate of drug-likeness (QED) is 0.509. The zero-order chi connectivity index (χ0) is 19.9. The smallest absolute Gasteiger partial charge is 0.243 e. The number of nitrogens with one attached hydrogen (secondary N) is 1. The molecule has 1 N–H and O–H groups in total. The topological polar surface area (TPSA) is 66.5 Å². The summed E-state index contributed by atoms with van der Waals surface area (Å²) in [6.45, 7) is 2.15. The minimum absolute atomic E-state index is 0.263. The Kier molecular flexibility index (Phi) is 7.67. The first-order valence-electron chi connectivity index (χ1n) is 8.53. The Morgan fingerprint density at radius 1 is 1.15 bits per heavy atom. The van der Waals surface area contributed by atoms with Gasteiger partial charge in [0.05, 0.1) is 11.9 Å². The van der Waals surface area contributed by atoms with Crippen molar-refractivity contribution in [3.63, 3.8) is 0 Å². The molecule has 27 heavy (non-hydrogen) atoms. The number of amides is 1. The fraction of sp³-hybridized carbons (Fsp3) is 0.316. The number of hydrogen-bond acceptors (Lipinski definition) is 4. The van der Waals surface area contributed by atoms with Gasteiger partial charge in [-0.2, -0.15) is 0 Å². The van der Waals surface area contributed by atoms with Crippen LogP contribution in [0.3, 0.4) is 0 Å². The van der Waals surface area contributed by atoms with Crippen LogP contribution in [0.1, 0.15) is 13.3 Å². The molecule has 0 bridgehead atoms. The molecule has 0 radical (unpaired) electrons. The molecule has 0 aliphatic heterocycles. The van der Waals surface area contributed by atoms with Crippen LogP contribution in [0.2, 0.25) is 0 Å². The minimum Gasteiger partial charge on any atom is -0.353 e. The first kappa shape index (κ1) is 21.2. The number of halogens is 1. The summed E-state index contributed by atoms with van der Waals surface area (Å²) < 4.78 is 38.8. The van der Waals surface area contributed by atoms with E-state index in [-0.39, 0.29) is 11.6 Å². The van der Waals surface area contributed by atoms with Gasteiger partial charge in [-0.3, -0.25) is 9.10 Å². The number of carbonyl (C=O) groups is 1. The van der Waals surface area contributed by atoms with Crippen molar-refractivity contribution in [1.82, 2.24) is 5.32 Å². The third kappa shape index (κ3) is 6.25. The summed E-state index contributed by atoms with van der Waals surface area (Å²) in [6, 6.07) is 14.0. The van der Waals surface area contributed by atoms with Crippen molar-refractivity contribution >= 4 is 33.4 Å². The van der Waals surface area contributed by atoms with Crippen molar-refractivity contribution in [2.24, 2.45) is 0 Å². The van der Waals surface area contributed by atoms with E-state index in [9.17, 15) is 17.6 Å². The van der Waals surface area contributed by atoms with E-state index in [2.05, 4.69) is 5.32 Å². The summed E-state index contributed by atoms with van der Waals surface area (Å²) >= 11 is 1.61. The molecule has 0 aliphatic carbocycles. The van der Waals surface area contributed by atoms with Gasteiger partial charge in [-0.25, -0.2) is 12.8 Å². The molecule has 1 atom stereocenters. The molecule has 0 saturated carbocycles. The average Bonchev–Trinajstić information content (AvgIpc) is 2.64. The predicted octanol–water partition coefficient (Wildman–Crippen LogP) is 3.28. The van der Waals surface area contributed by atoms with E-state index in [1.807, 2.05) is 30.3 Å². The molecule has 0 spiro atoms. The summed E-state index contributed by atoms with van der Waals surface area (Å²) in [5.74, 6) is -0.176. The molecule has 0 fully saturated rings. The maximum absolute atomic E-state index is 13.2. The summed E-state index contributed by atoms with van der Waals surface area (Å²) in [5, 5.41) is 2.80. The van der Waals surface area contributed by atoms with Crippen LogP contribution in [-0.4, -0.2) is 38.9 Å². The van der Waals surface area contributed by atoms with Gasteiger partial charge in [0.2, 0.25) is 15.9 Å². The fourth-order valence-corrected chi connectivity index (χ4v) is 4.63. The first-order valence-corrected chi connectivity index (χ1v) is 11.4. The van der Waals surface area contributed by atoms with Crippen LogP contribution >= 0.6 is 11.8 Å². The SMILES string of the molecule is CCC(C(=O)NCCSc1ccccc1)N(c1ccc(F)cc1)S(C)(=O)=O. The first-order chi connectivity index (χ1) is 12.8. The Morgan fingerprint density at radius 3 is 2.33 bits per heavy atom. The number of sulfonamides is 1. The molecule has 5 nitrogen and oxygen atoms in total. The standard InChI is InChI=1S/C19H23FN2O3S2/c1-3-18(19(23)21-13-14-26-17-7-5-4-6-8-17)22(27(2,24)25)16-11-9-15(20)10-12-16/h4-12,18H,3,13-14H2,1-2H3,(H,21,23). The van der Waals surface area contributed by atoms with Gasteiger partial charge in [0.25, 0.3) is 0 Å². The van der Waals surface area contributed by atoms with Gasteiger partial charge in [0.1, 0.15) is 11.9 Å². The Balaban J connectivity index is 2.04. The second-order valence-corrected chi connectivity index (χ2v) is 8.94. The Labute approximate surface area is 164 Å². The lowest BCUT2D eigenvalue weighted by Crippen LogP contribution is -2.49. The minimum atomic E-state index is -3.72. The monoisotopic (exact) mass is 410 g/mol. The van der Waals surface area contributed by atoms with Gasteiger partial charge < -0.3 is 5.32 Å². The molecular weight excluding hydrogens is 387 g/mol. The van der Waals surface area contributed by atoms with Crippen LogP contribution in [0, 0.1) is 5.82 Å². The van der Waals surface area contributed by atoms with Crippen molar-refractivity contribution in [1.29, 1.82) is 0 Å². The van der Waals surface area contributed by atoms with E-state index in [0.717, 1.165) is 15.5 Å². The Hall–Kier alpha value is -2.06. The van der Waals surface area contributed by atoms with Crippen LogP contribution in [0.4, 0.5) is 10.1 Å². The van der Waals surface area contributed by atoms with E-state index < -0.39 is 21.9 Å². The number of anilines is 1. The second-order valence-electron chi connectivity index (χ2n) is 5.91. The predicted molar refractivity (Wildman–Crippen MR) is 108 cm³/mol. The zero-order valence-corrected chi connectivity index (χ0v) is 16.9. The number of rotatable bonds is 9. The third-order valence-electron chi connectivity index (χ3n) is 3.82. The van der Waals surface area contributed by atoms with Crippen molar-refractivity contribution in [2.75, 3.05) is 22.9 Å². The highest BCUT2D eigenvalue weighted by Gasteiger charge is 2.31. The van der Waals surface area contributed by atoms with E-state index >= 15 is 0 Å². The highest BCUT2D eigenvalue weighted by molar-refractivity contribution is 7.99. The second kappa shape index (κ2) is 9.75. The largest absolute Gasteiger partial charge is 0.353 e. The summed E-state index contributed by atoms with van der Waals surface area (Å²) in [4.78, 5) is 13.7. The molecule has 1 amide bonds. The molecule has 0 heterocycles. The van der Waals surface area contributed by atoms with Gasteiger partial charge in [-0.1, -0.05) is 25.1 Å². The molecule has 0 saturated heterocycles. The third-order valence-corrected chi connectivity index (χ3v) is 6.02. The van der Waals surface area contributed by atoms with E-state index in [1.165, 1.54) is 24.3 Å². The summed E-state index contributed by atoms with van der Waals surface area (Å²) in [7, 11) is -3.72. The summed E-state index contributed by atoms with van der Waals surface area (Å²) in [5.41, 5.74) is 0.263.